The average Bonchev–Trinajstić information content (AvgIpc) is 3.43. The predicted molar refractivity (Wildman–Crippen MR) is 118 cm³/mol. The summed E-state index contributed by atoms with van der Waals surface area (Å²) in [5, 5.41) is 9.03. The van der Waals surface area contributed by atoms with E-state index in [4.69, 9.17) is 0 Å². The third-order valence-electron chi connectivity index (χ3n) is 6.18. The molecule has 1 saturated carbocycles. The first kappa shape index (κ1) is 19.5. The van der Waals surface area contributed by atoms with E-state index in [-0.39, 0.29) is 11.8 Å². The number of hydrogen-bond donors (Lipinski definition) is 2. The van der Waals surface area contributed by atoms with Crippen LogP contribution >= 0.6 is 11.3 Å². The van der Waals surface area contributed by atoms with E-state index in [2.05, 4.69) is 52.1 Å². The summed E-state index contributed by atoms with van der Waals surface area (Å²) in [5.74, 6) is 0.403. The number of benzene rings is 1. The van der Waals surface area contributed by atoms with Crippen LogP contribution in [0.3, 0.4) is 0 Å². The Bertz CT molecular complexity index is 745. The minimum absolute atomic E-state index is 0.192. The molecule has 1 amide bonds. The van der Waals surface area contributed by atoms with Crippen molar-refractivity contribution in [2.45, 2.75) is 57.5 Å². The fourth-order valence-corrected chi connectivity index (χ4v) is 5.21. The number of carbonyl (C=O) groups is 1. The van der Waals surface area contributed by atoms with Crippen molar-refractivity contribution in [3.05, 3.63) is 46.7 Å². The number of piperidine rings is 1. The Morgan fingerprint density at radius 3 is 2.43 bits per heavy atom. The van der Waals surface area contributed by atoms with Crippen LogP contribution in [0.4, 0.5) is 11.4 Å². The van der Waals surface area contributed by atoms with Crippen molar-refractivity contribution in [1.82, 2.24) is 5.32 Å². The molecule has 0 unspecified atom stereocenters. The van der Waals surface area contributed by atoms with E-state index >= 15 is 0 Å². The zero-order valence-corrected chi connectivity index (χ0v) is 17.5. The average molecular weight is 398 g/mol. The van der Waals surface area contributed by atoms with Crippen LogP contribution < -0.4 is 15.5 Å². The lowest BCUT2D eigenvalue weighted by molar-refractivity contribution is -0.119. The molecule has 1 aliphatic carbocycles. The lowest BCUT2D eigenvalue weighted by Crippen LogP contribution is -2.43. The summed E-state index contributed by atoms with van der Waals surface area (Å²) in [5.41, 5.74) is 2.17. The fourth-order valence-electron chi connectivity index (χ4n) is 4.47. The topological polar surface area (TPSA) is 44.4 Å². The number of nitrogens with one attached hydrogen (secondary N) is 2. The maximum Gasteiger partial charge on any atom is 0.227 e. The zero-order chi connectivity index (χ0) is 19.3. The highest BCUT2D eigenvalue weighted by molar-refractivity contribution is 7.10. The predicted octanol–water partition coefficient (Wildman–Crippen LogP) is 5.20. The minimum atomic E-state index is 0.192. The first-order chi connectivity index (χ1) is 13.7. The highest BCUT2D eigenvalue weighted by Gasteiger charge is 2.23. The Hall–Kier alpha value is -1.85. The van der Waals surface area contributed by atoms with Gasteiger partial charge in [0.1, 0.15) is 0 Å². The van der Waals surface area contributed by atoms with Crippen molar-refractivity contribution in [2.75, 3.05) is 23.3 Å². The minimum Gasteiger partial charge on any atom is -0.371 e. The van der Waals surface area contributed by atoms with Gasteiger partial charge in [-0.2, -0.15) is 0 Å². The van der Waals surface area contributed by atoms with E-state index < -0.39 is 0 Å². The molecule has 2 heterocycles. The molecule has 0 spiro atoms. The Morgan fingerprint density at radius 2 is 1.79 bits per heavy atom. The van der Waals surface area contributed by atoms with E-state index in [0.29, 0.717) is 12.1 Å². The van der Waals surface area contributed by atoms with E-state index in [9.17, 15) is 4.79 Å². The van der Waals surface area contributed by atoms with Crippen molar-refractivity contribution in [1.29, 1.82) is 0 Å². The fraction of sp³-hybridized carbons (Fsp3) is 0.522. The van der Waals surface area contributed by atoms with Crippen LogP contribution in [-0.4, -0.2) is 25.0 Å². The maximum atomic E-state index is 12.3. The van der Waals surface area contributed by atoms with E-state index in [0.717, 1.165) is 44.5 Å². The molecule has 1 aliphatic heterocycles. The van der Waals surface area contributed by atoms with Gasteiger partial charge in [-0.3, -0.25) is 4.79 Å². The SMILES string of the molecule is C[C@@H](NC1CCN(c2ccc(NC(=O)C3CCCC3)cc2)CC1)c1cccs1. The normalized spacial score (nSPS) is 19.7. The van der Waals surface area contributed by atoms with Gasteiger partial charge in [-0.25, -0.2) is 0 Å². The van der Waals surface area contributed by atoms with Crippen LogP contribution in [0.15, 0.2) is 41.8 Å². The second-order valence-corrected chi connectivity index (χ2v) is 9.16. The van der Waals surface area contributed by atoms with Gasteiger partial charge in [0.05, 0.1) is 0 Å². The molecular weight excluding hydrogens is 366 g/mol. The molecule has 28 heavy (non-hydrogen) atoms. The summed E-state index contributed by atoms with van der Waals surface area (Å²) in [6.07, 6.45) is 6.78. The molecule has 1 aromatic carbocycles. The second-order valence-electron chi connectivity index (χ2n) is 8.18. The van der Waals surface area contributed by atoms with Gasteiger partial charge in [-0.15, -0.1) is 11.3 Å². The standard InChI is InChI=1S/C23H31N3OS/c1-17(22-7-4-16-28-22)24-20-12-14-26(15-13-20)21-10-8-19(9-11-21)25-23(27)18-5-2-3-6-18/h4,7-11,16-18,20,24H,2-3,5-6,12-15H2,1H3,(H,25,27)/t17-/m1/s1. The van der Waals surface area contributed by atoms with Crippen molar-refractivity contribution >= 4 is 28.6 Å². The third kappa shape index (κ3) is 4.76. The smallest absolute Gasteiger partial charge is 0.227 e. The first-order valence-electron chi connectivity index (χ1n) is 10.6. The summed E-state index contributed by atoms with van der Waals surface area (Å²) in [6.45, 7) is 4.40. The maximum absolute atomic E-state index is 12.3. The molecule has 0 radical (unpaired) electrons. The molecule has 0 bridgehead atoms. The zero-order valence-electron chi connectivity index (χ0n) is 16.7. The van der Waals surface area contributed by atoms with Gasteiger partial charge in [-0.05, 0) is 68.3 Å². The van der Waals surface area contributed by atoms with Crippen molar-refractivity contribution < 1.29 is 4.79 Å². The molecule has 4 nitrogen and oxygen atoms in total. The molecule has 2 N–H and O–H groups in total. The molecule has 1 aromatic heterocycles. The van der Waals surface area contributed by atoms with E-state index in [1.807, 2.05) is 23.5 Å². The number of hydrogen-bond acceptors (Lipinski definition) is 4. The van der Waals surface area contributed by atoms with E-state index in [1.54, 1.807) is 0 Å². The van der Waals surface area contributed by atoms with Crippen LogP contribution in [0.1, 0.15) is 56.4 Å². The van der Waals surface area contributed by atoms with Gasteiger partial charge < -0.3 is 15.5 Å². The lowest BCUT2D eigenvalue weighted by atomic mass is 10.0. The molecule has 150 valence electrons. The van der Waals surface area contributed by atoms with Gasteiger partial charge in [0.15, 0.2) is 0 Å². The number of rotatable bonds is 6. The molecule has 1 saturated heterocycles. The number of thiophene rings is 1. The Balaban J connectivity index is 1.25. The van der Waals surface area contributed by atoms with Crippen LogP contribution in [-0.2, 0) is 4.79 Å². The summed E-state index contributed by atoms with van der Waals surface area (Å²) in [6, 6.07) is 13.7. The van der Waals surface area contributed by atoms with E-state index in [1.165, 1.54) is 23.4 Å². The number of nitrogens with zero attached hydrogens (tertiary/aromatic N) is 1. The Labute approximate surface area is 172 Å². The summed E-state index contributed by atoms with van der Waals surface area (Å²) in [4.78, 5) is 16.2. The summed E-state index contributed by atoms with van der Waals surface area (Å²) in [7, 11) is 0. The third-order valence-corrected chi connectivity index (χ3v) is 7.23. The molecule has 2 aliphatic rings. The van der Waals surface area contributed by atoms with Gasteiger partial charge in [0.2, 0.25) is 5.91 Å². The molecule has 2 fully saturated rings. The van der Waals surface area contributed by atoms with Crippen LogP contribution in [0.2, 0.25) is 0 Å². The monoisotopic (exact) mass is 397 g/mol. The highest BCUT2D eigenvalue weighted by atomic mass is 32.1. The Morgan fingerprint density at radius 1 is 1.07 bits per heavy atom. The van der Waals surface area contributed by atoms with Gasteiger partial charge in [-0.1, -0.05) is 18.9 Å². The van der Waals surface area contributed by atoms with Gasteiger partial charge in [0, 0.05) is 47.3 Å². The highest BCUT2D eigenvalue weighted by Crippen LogP contribution is 2.27. The van der Waals surface area contributed by atoms with Gasteiger partial charge in [0.25, 0.3) is 0 Å². The molecule has 1 atom stereocenters. The molecular formula is C23H31N3OS. The Kier molecular flexibility index (Phi) is 6.33. The summed E-state index contributed by atoms with van der Waals surface area (Å²) >= 11 is 1.83. The number of carbonyl (C=O) groups excluding carboxylic acids is 1. The quantitative estimate of drug-likeness (QED) is 0.704. The number of amides is 1. The summed E-state index contributed by atoms with van der Waals surface area (Å²) < 4.78 is 0. The first-order valence-corrected chi connectivity index (χ1v) is 11.5. The molecule has 2 aromatic rings. The number of anilines is 2. The van der Waals surface area contributed by atoms with Crippen LogP contribution in [0.5, 0.6) is 0 Å². The van der Waals surface area contributed by atoms with Crippen molar-refractivity contribution in [3.8, 4) is 0 Å². The molecule has 4 rings (SSSR count). The van der Waals surface area contributed by atoms with Crippen molar-refractivity contribution in [2.24, 2.45) is 5.92 Å². The van der Waals surface area contributed by atoms with Gasteiger partial charge >= 0.3 is 0 Å². The van der Waals surface area contributed by atoms with Crippen LogP contribution in [0, 0.1) is 5.92 Å². The molecule has 5 heteroatoms. The van der Waals surface area contributed by atoms with Crippen LogP contribution in [0.25, 0.3) is 0 Å². The second kappa shape index (κ2) is 9.10. The van der Waals surface area contributed by atoms with Crippen molar-refractivity contribution in [3.63, 3.8) is 0 Å². The lowest BCUT2D eigenvalue weighted by Gasteiger charge is -2.35. The largest absolute Gasteiger partial charge is 0.371 e.